The molecule has 0 unspecified atom stereocenters. The number of nitrogens with one attached hydrogen (secondary N) is 2. The van der Waals surface area contributed by atoms with E-state index in [9.17, 15) is 0 Å². The van der Waals surface area contributed by atoms with Gasteiger partial charge in [-0.05, 0) is 29.8 Å². The number of anilines is 3. The Hall–Kier alpha value is -3.44. The Labute approximate surface area is 168 Å². The molecule has 2 heterocycles. The first kappa shape index (κ1) is 17.9. The Kier molecular flexibility index (Phi) is 5.45. The summed E-state index contributed by atoms with van der Waals surface area (Å²) >= 11 is 6.28. The molecule has 28 heavy (non-hydrogen) atoms. The minimum Gasteiger partial charge on any atom is -0.366 e. The van der Waals surface area contributed by atoms with Crippen LogP contribution in [0.25, 0.3) is 11.4 Å². The summed E-state index contributed by atoms with van der Waals surface area (Å²) in [5, 5.41) is 7.28. The maximum Gasteiger partial charge on any atom is 0.163 e. The van der Waals surface area contributed by atoms with Gasteiger partial charge >= 0.3 is 0 Å². The summed E-state index contributed by atoms with van der Waals surface area (Å²) in [5.74, 6) is 2.02. The van der Waals surface area contributed by atoms with Gasteiger partial charge in [-0.3, -0.25) is 4.98 Å². The van der Waals surface area contributed by atoms with Crippen LogP contribution in [0.5, 0.6) is 0 Å². The molecule has 2 aromatic heterocycles. The molecule has 0 radical (unpaired) electrons. The minimum absolute atomic E-state index is 0.633. The molecule has 2 N–H and O–H groups in total. The van der Waals surface area contributed by atoms with Crippen molar-refractivity contribution in [3.05, 3.63) is 95.8 Å². The predicted octanol–water partition coefficient (Wildman–Crippen LogP) is 5.55. The molecule has 0 amide bonds. The molecule has 0 aliphatic rings. The highest BCUT2D eigenvalue weighted by atomic mass is 35.5. The average Bonchev–Trinajstić information content (AvgIpc) is 2.75. The Balaban J connectivity index is 1.65. The van der Waals surface area contributed by atoms with Gasteiger partial charge in [0.05, 0.1) is 10.7 Å². The van der Waals surface area contributed by atoms with E-state index in [1.54, 1.807) is 12.4 Å². The minimum atomic E-state index is 0.633. The van der Waals surface area contributed by atoms with Gasteiger partial charge in [0.2, 0.25) is 0 Å². The van der Waals surface area contributed by atoms with Gasteiger partial charge < -0.3 is 10.6 Å². The SMILES string of the molecule is Clc1ccccc1Nc1cc(NCc2ccncc2)nc(-c2ccccc2)n1. The molecular formula is C22H18ClN5. The van der Waals surface area contributed by atoms with Crippen molar-refractivity contribution in [3.8, 4) is 11.4 Å². The van der Waals surface area contributed by atoms with Gasteiger partial charge in [-0.15, -0.1) is 0 Å². The predicted molar refractivity (Wildman–Crippen MR) is 114 cm³/mol. The first-order valence-electron chi connectivity index (χ1n) is 8.87. The number of para-hydroxylation sites is 1. The summed E-state index contributed by atoms with van der Waals surface area (Å²) in [6.45, 7) is 0.638. The van der Waals surface area contributed by atoms with Gasteiger partial charge in [0.15, 0.2) is 5.82 Å². The molecule has 6 heteroatoms. The largest absolute Gasteiger partial charge is 0.366 e. The van der Waals surface area contributed by atoms with Crippen molar-refractivity contribution >= 4 is 28.9 Å². The molecule has 0 fully saturated rings. The maximum absolute atomic E-state index is 6.28. The Morgan fingerprint density at radius 3 is 2.29 bits per heavy atom. The van der Waals surface area contributed by atoms with Crippen LogP contribution in [-0.2, 0) is 6.54 Å². The lowest BCUT2D eigenvalue weighted by Crippen LogP contribution is -2.05. The molecule has 2 aromatic carbocycles. The third kappa shape index (κ3) is 4.45. The fourth-order valence-electron chi connectivity index (χ4n) is 2.71. The van der Waals surface area contributed by atoms with E-state index in [4.69, 9.17) is 11.6 Å². The summed E-state index contributed by atoms with van der Waals surface area (Å²) < 4.78 is 0. The van der Waals surface area contributed by atoms with Crippen LogP contribution in [0.1, 0.15) is 5.56 Å². The zero-order chi connectivity index (χ0) is 19.2. The summed E-state index contributed by atoms with van der Waals surface area (Å²) in [4.78, 5) is 13.4. The number of hydrogen-bond acceptors (Lipinski definition) is 5. The summed E-state index contributed by atoms with van der Waals surface area (Å²) in [5.41, 5.74) is 2.86. The van der Waals surface area contributed by atoms with Crippen molar-refractivity contribution in [2.24, 2.45) is 0 Å². The number of rotatable bonds is 6. The van der Waals surface area contributed by atoms with E-state index < -0.39 is 0 Å². The molecule has 138 valence electrons. The van der Waals surface area contributed by atoms with Crippen LogP contribution in [0.2, 0.25) is 5.02 Å². The van der Waals surface area contributed by atoms with Crippen molar-refractivity contribution in [2.75, 3.05) is 10.6 Å². The van der Waals surface area contributed by atoms with E-state index in [2.05, 4.69) is 25.6 Å². The maximum atomic E-state index is 6.28. The van der Waals surface area contributed by atoms with Crippen molar-refractivity contribution in [3.63, 3.8) is 0 Å². The van der Waals surface area contributed by atoms with Gasteiger partial charge in [-0.1, -0.05) is 54.1 Å². The molecule has 0 bridgehead atoms. The van der Waals surface area contributed by atoms with E-state index in [1.165, 1.54) is 0 Å². The van der Waals surface area contributed by atoms with E-state index in [0.29, 0.717) is 23.2 Å². The van der Waals surface area contributed by atoms with Crippen LogP contribution in [-0.4, -0.2) is 15.0 Å². The lowest BCUT2D eigenvalue weighted by atomic mass is 10.2. The number of benzene rings is 2. The fourth-order valence-corrected chi connectivity index (χ4v) is 2.89. The molecule has 0 aliphatic heterocycles. The standard InChI is InChI=1S/C22H18ClN5/c23-18-8-4-5-9-19(18)26-21-14-20(25-15-16-10-12-24-13-11-16)27-22(28-21)17-6-2-1-3-7-17/h1-14H,15H2,(H2,25,26,27,28). The topological polar surface area (TPSA) is 62.7 Å². The van der Waals surface area contributed by atoms with Gasteiger partial charge in [0.25, 0.3) is 0 Å². The lowest BCUT2D eigenvalue weighted by molar-refractivity contribution is 1.08. The van der Waals surface area contributed by atoms with Gasteiger partial charge in [-0.25, -0.2) is 9.97 Å². The smallest absolute Gasteiger partial charge is 0.163 e. The fraction of sp³-hybridized carbons (Fsp3) is 0.0455. The molecular weight excluding hydrogens is 370 g/mol. The number of nitrogens with zero attached hydrogens (tertiary/aromatic N) is 3. The monoisotopic (exact) mass is 387 g/mol. The zero-order valence-corrected chi connectivity index (χ0v) is 15.8. The molecule has 0 saturated carbocycles. The third-order valence-electron chi connectivity index (χ3n) is 4.12. The molecule has 4 rings (SSSR count). The highest BCUT2D eigenvalue weighted by Crippen LogP contribution is 2.27. The molecule has 0 saturated heterocycles. The van der Waals surface area contributed by atoms with E-state index in [-0.39, 0.29) is 0 Å². The second-order valence-electron chi connectivity index (χ2n) is 6.14. The van der Waals surface area contributed by atoms with Gasteiger partial charge in [-0.2, -0.15) is 0 Å². The average molecular weight is 388 g/mol. The van der Waals surface area contributed by atoms with Gasteiger partial charge in [0, 0.05) is 30.6 Å². The molecule has 4 aromatic rings. The van der Waals surface area contributed by atoms with Crippen molar-refractivity contribution < 1.29 is 0 Å². The molecule has 0 atom stereocenters. The molecule has 5 nitrogen and oxygen atoms in total. The summed E-state index contributed by atoms with van der Waals surface area (Å²) in [7, 11) is 0. The van der Waals surface area contributed by atoms with Crippen LogP contribution in [0, 0.1) is 0 Å². The Morgan fingerprint density at radius 2 is 1.50 bits per heavy atom. The number of hydrogen-bond donors (Lipinski definition) is 2. The highest BCUT2D eigenvalue weighted by molar-refractivity contribution is 6.33. The Morgan fingerprint density at radius 1 is 0.786 bits per heavy atom. The Bertz CT molecular complexity index is 1050. The highest BCUT2D eigenvalue weighted by Gasteiger charge is 2.09. The first-order valence-corrected chi connectivity index (χ1v) is 9.24. The zero-order valence-electron chi connectivity index (χ0n) is 15.0. The molecule has 0 aliphatic carbocycles. The third-order valence-corrected chi connectivity index (χ3v) is 4.45. The number of halogens is 1. The van der Waals surface area contributed by atoms with Gasteiger partial charge in [0.1, 0.15) is 11.6 Å². The van der Waals surface area contributed by atoms with Crippen LogP contribution >= 0.6 is 11.6 Å². The number of aromatic nitrogens is 3. The lowest BCUT2D eigenvalue weighted by Gasteiger charge is -2.12. The second-order valence-corrected chi connectivity index (χ2v) is 6.55. The van der Waals surface area contributed by atoms with Crippen LogP contribution < -0.4 is 10.6 Å². The van der Waals surface area contributed by atoms with E-state index in [0.717, 1.165) is 22.6 Å². The van der Waals surface area contributed by atoms with E-state index in [1.807, 2.05) is 72.8 Å². The quantitative estimate of drug-likeness (QED) is 0.454. The summed E-state index contributed by atoms with van der Waals surface area (Å²) in [6.07, 6.45) is 3.55. The normalized spacial score (nSPS) is 10.5. The van der Waals surface area contributed by atoms with Crippen molar-refractivity contribution in [1.82, 2.24) is 15.0 Å². The summed E-state index contributed by atoms with van der Waals surface area (Å²) in [6, 6.07) is 23.3. The van der Waals surface area contributed by atoms with Crippen molar-refractivity contribution in [1.29, 1.82) is 0 Å². The first-order chi connectivity index (χ1) is 13.8. The van der Waals surface area contributed by atoms with Crippen LogP contribution in [0.4, 0.5) is 17.3 Å². The van der Waals surface area contributed by atoms with Crippen LogP contribution in [0.3, 0.4) is 0 Å². The van der Waals surface area contributed by atoms with E-state index >= 15 is 0 Å². The number of pyridine rings is 1. The second kappa shape index (κ2) is 8.50. The van der Waals surface area contributed by atoms with Crippen molar-refractivity contribution in [2.45, 2.75) is 6.54 Å². The molecule has 0 spiro atoms. The van der Waals surface area contributed by atoms with Crippen LogP contribution in [0.15, 0.2) is 85.2 Å².